The number of hydrogen-bond acceptors (Lipinski definition) is 1. The zero-order valence-electron chi connectivity index (χ0n) is 5.76. The zero-order valence-corrected chi connectivity index (χ0v) is 6.76. The Morgan fingerprint density at radius 1 is 1.78 bits per heavy atom. The summed E-state index contributed by atoms with van der Waals surface area (Å²) >= 11 is 0. The molecule has 1 aromatic rings. The average Bonchev–Trinajstić information content (AvgIpc) is 2.17. The van der Waals surface area contributed by atoms with Gasteiger partial charge in [-0.2, -0.15) is 5.10 Å². The summed E-state index contributed by atoms with van der Waals surface area (Å²) in [5.41, 5.74) is 0. The van der Waals surface area contributed by atoms with Crippen LogP contribution in [-0.4, -0.2) is 15.9 Å². The van der Waals surface area contributed by atoms with E-state index in [1.807, 2.05) is 17.9 Å². The lowest BCUT2D eigenvalue weighted by molar-refractivity contribution is 0.768. The Morgan fingerprint density at radius 2 is 2.56 bits per heavy atom. The molecule has 0 aromatic carbocycles. The molecule has 1 rings (SSSR count). The predicted octanol–water partition coefficient (Wildman–Crippen LogP) is 0.744. The summed E-state index contributed by atoms with van der Waals surface area (Å²) in [6.45, 7) is 2.19. The summed E-state index contributed by atoms with van der Waals surface area (Å²) in [7, 11) is 2.87. The highest BCUT2D eigenvalue weighted by Crippen LogP contribution is 2.06. The molecule has 50 valence electrons. The normalized spacial score (nSPS) is 11.3. The molecule has 3 heteroatoms. The number of hydrogen-bond donors (Lipinski definition) is 0. The second kappa shape index (κ2) is 2.98. The highest BCUT2D eigenvalue weighted by atomic mass is 31.1. The maximum Gasteiger partial charge on any atom is 0.0563 e. The standard InChI is InChI=1S/C6H11N2P/c1-3-9-6-4-7-8(2)5-6/h4-5,9H,3H2,1-2H3. The van der Waals surface area contributed by atoms with E-state index in [4.69, 9.17) is 0 Å². The van der Waals surface area contributed by atoms with Crippen LogP contribution in [0, 0.1) is 0 Å². The first-order valence-electron chi connectivity index (χ1n) is 3.05. The van der Waals surface area contributed by atoms with Crippen molar-refractivity contribution in [1.29, 1.82) is 0 Å². The van der Waals surface area contributed by atoms with Crippen molar-refractivity contribution in [2.75, 3.05) is 6.16 Å². The second-order valence-corrected chi connectivity index (χ2v) is 3.57. The fourth-order valence-electron chi connectivity index (χ4n) is 0.717. The molecule has 0 N–H and O–H groups in total. The fraction of sp³-hybridized carbons (Fsp3) is 0.500. The van der Waals surface area contributed by atoms with Crippen molar-refractivity contribution in [1.82, 2.24) is 9.78 Å². The van der Waals surface area contributed by atoms with Gasteiger partial charge >= 0.3 is 0 Å². The van der Waals surface area contributed by atoms with Crippen LogP contribution in [0.2, 0.25) is 0 Å². The van der Waals surface area contributed by atoms with Crippen LogP contribution < -0.4 is 5.30 Å². The topological polar surface area (TPSA) is 17.8 Å². The highest BCUT2D eigenvalue weighted by molar-refractivity contribution is 7.47. The van der Waals surface area contributed by atoms with Crippen molar-refractivity contribution in [2.24, 2.45) is 7.05 Å². The highest BCUT2D eigenvalue weighted by Gasteiger charge is 1.90. The number of rotatable bonds is 2. The monoisotopic (exact) mass is 142 g/mol. The molecule has 0 aliphatic rings. The van der Waals surface area contributed by atoms with Crippen LogP contribution in [0.1, 0.15) is 6.92 Å². The van der Waals surface area contributed by atoms with Gasteiger partial charge in [0.05, 0.1) is 6.20 Å². The average molecular weight is 142 g/mol. The third-order valence-electron chi connectivity index (χ3n) is 1.09. The lowest BCUT2D eigenvalue weighted by Gasteiger charge is -1.87. The van der Waals surface area contributed by atoms with E-state index < -0.39 is 0 Å². The van der Waals surface area contributed by atoms with Crippen LogP contribution in [0.5, 0.6) is 0 Å². The zero-order chi connectivity index (χ0) is 6.69. The maximum atomic E-state index is 4.06. The minimum atomic E-state index is 0.925. The Bertz CT molecular complexity index is 183. The lowest BCUT2D eigenvalue weighted by atomic mass is 10.7. The van der Waals surface area contributed by atoms with E-state index in [0.717, 1.165) is 8.58 Å². The molecule has 0 aliphatic heterocycles. The first kappa shape index (κ1) is 6.76. The first-order valence-corrected chi connectivity index (χ1v) is 4.26. The van der Waals surface area contributed by atoms with Gasteiger partial charge in [0.2, 0.25) is 0 Å². The first-order chi connectivity index (χ1) is 4.33. The van der Waals surface area contributed by atoms with Crippen LogP contribution >= 0.6 is 8.58 Å². The van der Waals surface area contributed by atoms with Gasteiger partial charge in [-0.25, -0.2) is 0 Å². The molecular weight excluding hydrogens is 131 g/mol. The van der Waals surface area contributed by atoms with Crippen molar-refractivity contribution in [3.8, 4) is 0 Å². The Morgan fingerprint density at radius 3 is 3.00 bits per heavy atom. The van der Waals surface area contributed by atoms with Crippen molar-refractivity contribution < 1.29 is 0 Å². The Labute approximate surface area is 57.0 Å². The molecule has 9 heavy (non-hydrogen) atoms. The van der Waals surface area contributed by atoms with Crippen molar-refractivity contribution >= 4 is 13.9 Å². The van der Waals surface area contributed by atoms with E-state index in [1.165, 1.54) is 11.5 Å². The molecule has 0 amide bonds. The van der Waals surface area contributed by atoms with E-state index in [0.29, 0.717) is 0 Å². The molecule has 0 aliphatic carbocycles. The van der Waals surface area contributed by atoms with Gasteiger partial charge in [-0.05, 0) is 6.16 Å². The van der Waals surface area contributed by atoms with Gasteiger partial charge in [0.25, 0.3) is 0 Å². The minimum absolute atomic E-state index is 0.925. The van der Waals surface area contributed by atoms with E-state index >= 15 is 0 Å². The minimum Gasteiger partial charge on any atom is -0.275 e. The van der Waals surface area contributed by atoms with E-state index in [1.54, 1.807) is 0 Å². The molecule has 0 saturated carbocycles. The van der Waals surface area contributed by atoms with Crippen LogP contribution in [0.4, 0.5) is 0 Å². The summed E-state index contributed by atoms with van der Waals surface area (Å²) in [5, 5.41) is 5.42. The van der Waals surface area contributed by atoms with Gasteiger partial charge in [-0.1, -0.05) is 15.5 Å². The summed E-state index contributed by atoms with van der Waals surface area (Å²) in [6.07, 6.45) is 5.23. The SMILES string of the molecule is CCPc1cnn(C)c1. The lowest BCUT2D eigenvalue weighted by Crippen LogP contribution is -1.89. The van der Waals surface area contributed by atoms with Crippen molar-refractivity contribution in [3.05, 3.63) is 12.4 Å². The largest absolute Gasteiger partial charge is 0.275 e. The second-order valence-electron chi connectivity index (χ2n) is 1.93. The number of nitrogens with zero attached hydrogens (tertiary/aromatic N) is 2. The van der Waals surface area contributed by atoms with Crippen molar-refractivity contribution in [3.63, 3.8) is 0 Å². The third-order valence-corrected chi connectivity index (χ3v) is 2.11. The van der Waals surface area contributed by atoms with Crippen LogP contribution in [-0.2, 0) is 7.05 Å². The van der Waals surface area contributed by atoms with Gasteiger partial charge in [0.15, 0.2) is 0 Å². The molecule has 1 atom stereocenters. The molecule has 2 nitrogen and oxygen atoms in total. The van der Waals surface area contributed by atoms with Gasteiger partial charge in [0, 0.05) is 18.5 Å². The van der Waals surface area contributed by atoms with Crippen LogP contribution in [0.3, 0.4) is 0 Å². The summed E-state index contributed by atoms with van der Waals surface area (Å²) in [5.74, 6) is 0. The predicted molar refractivity (Wildman–Crippen MR) is 41.7 cm³/mol. The smallest absolute Gasteiger partial charge is 0.0563 e. The molecular formula is C6H11N2P. The molecule has 1 unspecified atom stereocenters. The Kier molecular flexibility index (Phi) is 2.23. The molecule has 0 saturated heterocycles. The molecule has 0 spiro atoms. The van der Waals surface area contributed by atoms with Crippen LogP contribution in [0.15, 0.2) is 12.4 Å². The summed E-state index contributed by atoms with van der Waals surface area (Å²) in [6, 6.07) is 0. The molecule has 1 aromatic heterocycles. The van der Waals surface area contributed by atoms with E-state index in [9.17, 15) is 0 Å². The summed E-state index contributed by atoms with van der Waals surface area (Å²) < 4.78 is 1.85. The Hall–Kier alpha value is -0.360. The van der Waals surface area contributed by atoms with Gasteiger partial charge in [-0.15, -0.1) is 0 Å². The number of aromatic nitrogens is 2. The van der Waals surface area contributed by atoms with Gasteiger partial charge < -0.3 is 0 Å². The molecule has 0 fully saturated rings. The quantitative estimate of drug-likeness (QED) is 0.557. The molecule has 0 bridgehead atoms. The summed E-state index contributed by atoms with van der Waals surface area (Å²) in [4.78, 5) is 0. The van der Waals surface area contributed by atoms with Gasteiger partial charge in [0.1, 0.15) is 0 Å². The fourth-order valence-corrected chi connectivity index (χ4v) is 1.55. The molecule has 0 radical (unpaired) electrons. The number of aryl methyl sites for hydroxylation is 1. The van der Waals surface area contributed by atoms with Crippen molar-refractivity contribution in [2.45, 2.75) is 6.92 Å². The van der Waals surface area contributed by atoms with Crippen LogP contribution in [0.25, 0.3) is 0 Å². The maximum absolute atomic E-state index is 4.06. The van der Waals surface area contributed by atoms with E-state index in [2.05, 4.69) is 18.2 Å². The third kappa shape index (κ3) is 1.79. The Balaban J connectivity index is 2.61. The molecule has 1 heterocycles. The van der Waals surface area contributed by atoms with E-state index in [-0.39, 0.29) is 0 Å². The van der Waals surface area contributed by atoms with Gasteiger partial charge in [-0.3, -0.25) is 4.68 Å².